The van der Waals surface area contributed by atoms with E-state index in [2.05, 4.69) is 5.10 Å². The standard InChI is InChI=1S/C20H20FN3O3/c1-23(12-13-27-19-9-4-3-8-18(19)26-2)20(25)17-10-11-24(22-17)16-7-5-6-15(21)14-16/h3-11,14H,12-13H2,1-2H3. The molecular formula is C20H20FN3O3. The molecule has 3 rings (SSSR count). The second-order valence-corrected chi connectivity index (χ2v) is 5.85. The summed E-state index contributed by atoms with van der Waals surface area (Å²) in [6.07, 6.45) is 1.63. The Morgan fingerprint density at radius 3 is 2.67 bits per heavy atom. The van der Waals surface area contributed by atoms with Crippen LogP contribution >= 0.6 is 0 Å². The molecule has 140 valence electrons. The average molecular weight is 369 g/mol. The van der Waals surface area contributed by atoms with Gasteiger partial charge < -0.3 is 14.4 Å². The molecule has 0 radical (unpaired) electrons. The lowest BCUT2D eigenvalue weighted by molar-refractivity contribution is 0.0767. The molecule has 0 spiro atoms. The van der Waals surface area contributed by atoms with Crippen LogP contribution in [0, 0.1) is 5.82 Å². The van der Waals surface area contributed by atoms with Crippen LogP contribution in [-0.2, 0) is 0 Å². The zero-order valence-electron chi connectivity index (χ0n) is 15.1. The Hall–Kier alpha value is -3.35. The molecule has 1 heterocycles. The Kier molecular flexibility index (Phi) is 5.71. The van der Waals surface area contributed by atoms with Gasteiger partial charge in [-0.15, -0.1) is 0 Å². The highest BCUT2D eigenvalue weighted by Crippen LogP contribution is 2.25. The minimum absolute atomic E-state index is 0.242. The molecule has 2 aromatic carbocycles. The van der Waals surface area contributed by atoms with Gasteiger partial charge in [0.1, 0.15) is 12.4 Å². The Bertz CT molecular complexity index is 926. The number of hydrogen-bond donors (Lipinski definition) is 0. The molecular weight excluding hydrogens is 349 g/mol. The largest absolute Gasteiger partial charge is 0.493 e. The van der Waals surface area contributed by atoms with Gasteiger partial charge in [0.05, 0.1) is 19.3 Å². The Balaban J connectivity index is 1.59. The molecule has 0 aliphatic heterocycles. The monoisotopic (exact) mass is 369 g/mol. The second-order valence-electron chi connectivity index (χ2n) is 5.85. The Labute approximate surface area is 156 Å². The third kappa shape index (κ3) is 4.44. The number of carbonyl (C=O) groups excluding carboxylic acids is 1. The molecule has 6 nitrogen and oxygen atoms in total. The van der Waals surface area contributed by atoms with E-state index in [9.17, 15) is 9.18 Å². The predicted molar refractivity (Wildman–Crippen MR) is 99.0 cm³/mol. The number of halogens is 1. The van der Waals surface area contributed by atoms with Gasteiger partial charge in [0.15, 0.2) is 17.2 Å². The maximum atomic E-state index is 13.3. The smallest absolute Gasteiger partial charge is 0.274 e. The first-order chi connectivity index (χ1) is 13.1. The van der Waals surface area contributed by atoms with E-state index in [0.717, 1.165) is 0 Å². The summed E-state index contributed by atoms with van der Waals surface area (Å²) in [6.45, 7) is 0.691. The third-order valence-electron chi connectivity index (χ3n) is 3.98. The highest BCUT2D eigenvalue weighted by Gasteiger charge is 2.15. The fourth-order valence-corrected chi connectivity index (χ4v) is 2.53. The number of carbonyl (C=O) groups is 1. The van der Waals surface area contributed by atoms with Crippen LogP contribution in [0.4, 0.5) is 4.39 Å². The molecule has 1 aromatic heterocycles. The quantitative estimate of drug-likeness (QED) is 0.642. The van der Waals surface area contributed by atoms with Gasteiger partial charge in [-0.3, -0.25) is 4.79 Å². The maximum Gasteiger partial charge on any atom is 0.274 e. The first-order valence-corrected chi connectivity index (χ1v) is 8.41. The highest BCUT2D eigenvalue weighted by molar-refractivity contribution is 5.92. The molecule has 0 aliphatic carbocycles. The van der Waals surface area contributed by atoms with Crippen LogP contribution in [0.1, 0.15) is 10.5 Å². The number of rotatable bonds is 7. The Morgan fingerprint density at radius 2 is 1.93 bits per heavy atom. The van der Waals surface area contributed by atoms with E-state index in [1.165, 1.54) is 21.7 Å². The third-order valence-corrected chi connectivity index (χ3v) is 3.98. The van der Waals surface area contributed by atoms with Crippen molar-refractivity contribution in [3.05, 3.63) is 72.3 Å². The summed E-state index contributed by atoms with van der Waals surface area (Å²) in [5.74, 6) is 0.659. The summed E-state index contributed by atoms with van der Waals surface area (Å²) in [5.41, 5.74) is 0.829. The number of methoxy groups -OCH3 is 1. The second kappa shape index (κ2) is 8.35. The van der Waals surface area contributed by atoms with Crippen LogP contribution in [0.25, 0.3) is 5.69 Å². The van der Waals surface area contributed by atoms with E-state index < -0.39 is 0 Å². The summed E-state index contributed by atoms with van der Waals surface area (Å²) >= 11 is 0. The summed E-state index contributed by atoms with van der Waals surface area (Å²) < 4.78 is 25.7. The number of benzene rings is 2. The molecule has 3 aromatic rings. The molecule has 0 aliphatic rings. The highest BCUT2D eigenvalue weighted by atomic mass is 19.1. The van der Waals surface area contributed by atoms with Gasteiger partial charge in [-0.2, -0.15) is 5.10 Å². The van der Waals surface area contributed by atoms with Crippen molar-refractivity contribution in [2.24, 2.45) is 0 Å². The number of hydrogen-bond acceptors (Lipinski definition) is 4. The number of para-hydroxylation sites is 2. The summed E-state index contributed by atoms with van der Waals surface area (Å²) in [5, 5.41) is 4.23. The molecule has 0 saturated carbocycles. The van der Waals surface area contributed by atoms with E-state index in [4.69, 9.17) is 9.47 Å². The zero-order valence-corrected chi connectivity index (χ0v) is 15.1. The maximum absolute atomic E-state index is 13.3. The van der Waals surface area contributed by atoms with Crippen molar-refractivity contribution in [2.75, 3.05) is 27.3 Å². The van der Waals surface area contributed by atoms with E-state index in [1.807, 2.05) is 18.2 Å². The van der Waals surface area contributed by atoms with Crippen molar-refractivity contribution in [3.8, 4) is 17.2 Å². The minimum Gasteiger partial charge on any atom is -0.493 e. The van der Waals surface area contributed by atoms with Gasteiger partial charge >= 0.3 is 0 Å². The normalized spacial score (nSPS) is 10.5. The molecule has 0 N–H and O–H groups in total. The van der Waals surface area contributed by atoms with Gasteiger partial charge in [0.2, 0.25) is 0 Å². The van der Waals surface area contributed by atoms with Crippen molar-refractivity contribution in [1.29, 1.82) is 0 Å². The van der Waals surface area contributed by atoms with Gasteiger partial charge in [0, 0.05) is 13.2 Å². The van der Waals surface area contributed by atoms with E-state index in [-0.39, 0.29) is 17.4 Å². The van der Waals surface area contributed by atoms with Crippen LogP contribution in [0.2, 0.25) is 0 Å². The molecule has 7 heteroatoms. The average Bonchev–Trinajstić information content (AvgIpc) is 3.18. The number of ether oxygens (including phenoxy) is 2. The molecule has 0 saturated heterocycles. The van der Waals surface area contributed by atoms with Gasteiger partial charge in [0.25, 0.3) is 5.91 Å². The molecule has 0 atom stereocenters. The van der Waals surface area contributed by atoms with Crippen LogP contribution in [0.15, 0.2) is 60.8 Å². The van der Waals surface area contributed by atoms with E-state index >= 15 is 0 Å². The van der Waals surface area contributed by atoms with Crippen LogP contribution < -0.4 is 9.47 Å². The van der Waals surface area contributed by atoms with E-state index in [0.29, 0.717) is 30.3 Å². The first kappa shape index (κ1) is 18.4. The van der Waals surface area contributed by atoms with Crippen molar-refractivity contribution in [3.63, 3.8) is 0 Å². The van der Waals surface area contributed by atoms with E-state index in [1.54, 1.807) is 44.6 Å². The van der Waals surface area contributed by atoms with Gasteiger partial charge in [-0.05, 0) is 36.4 Å². The fourth-order valence-electron chi connectivity index (χ4n) is 2.53. The molecule has 0 fully saturated rings. The number of amides is 1. The summed E-state index contributed by atoms with van der Waals surface area (Å²) in [7, 11) is 3.25. The molecule has 0 unspecified atom stereocenters. The lowest BCUT2D eigenvalue weighted by Crippen LogP contribution is -2.31. The topological polar surface area (TPSA) is 56.6 Å². The number of likely N-dealkylation sites (N-methyl/N-ethyl adjacent to an activating group) is 1. The van der Waals surface area contributed by atoms with Crippen LogP contribution in [0.3, 0.4) is 0 Å². The minimum atomic E-state index is -0.360. The first-order valence-electron chi connectivity index (χ1n) is 8.41. The lowest BCUT2D eigenvalue weighted by Gasteiger charge is -2.17. The van der Waals surface area contributed by atoms with Gasteiger partial charge in [-0.25, -0.2) is 9.07 Å². The number of aromatic nitrogens is 2. The molecule has 27 heavy (non-hydrogen) atoms. The van der Waals surface area contributed by atoms with Crippen molar-refractivity contribution >= 4 is 5.91 Å². The van der Waals surface area contributed by atoms with Crippen molar-refractivity contribution < 1.29 is 18.7 Å². The summed E-state index contributed by atoms with van der Waals surface area (Å²) in [6, 6.07) is 14.9. The van der Waals surface area contributed by atoms with Crippen molar-refractivity contribution in [1.82, 2.24) is 14.7 Å². The fraction of sp³-hybridized carbons (Fsp3) is 0.200. The molecule has 1 amide bonds. The SMILES string of the molecule is COc1ccccc1OCCN(C)C(=O)c1ccn(-c2cccc(F)c2)n1. The van der Waals surface area contributed by atoms with Crippen LogP contribution in [0.5, 0.6) is 11.5 Å². The van der Waals surface area contributed by atoms with Crippen LogP contribution in [-0.4, -0.2) is 47.9 Å². The number of nitrogens with zero attached hydrogens (tertiary/aromatic N) is 3. The predicted octanol–water partition coefficient (Wildman–Crippen LogP) is 3.17. The lowest BCUT2D eigenvalue weighted by atomic mass is 10.3. The zero-order chi connectivity index (χ0) is 19.2. The van der Waals surface area contributed by atoms with Gasteiger partial charge in [-0.1, -0.05) is 18.2 Å². The molecule has 0 bridgehead atoms. The Morgan fingerprint density at radius 1 is 1.15 bits per heavy atom. The summed E-state index contributed by atoms with van der Waals surface area (Å²) in [4.78, 5) is 14.0. The van der Waals surface area contributed by atoms with Crippen molar-refractivity contribution in [2.45, 2.75) is 0 Å².